The summed E-state index contributed by atoms with van der Waals surface area (Å²) in [5.41, 5.74) is 0. The van der Waals surface area contributed by atoms with E-state index < -0.39 is 16.0 Å². The Morgan fingerprint density at radius 2 is 2.33 bits per heavy atom. The minimum atomic E-state index is -3.62. The Hall–Kier alpha value is -1.67. The van der Waals surface area contributed by atoms with Crippen LogP contribution in [0.15, 0.2) is 29.9 Å². The zero-order valence-corrected chi connectivity index (χ0v) is 10.8. The van der Waals surface area contributed by atoms with Crippen molar-refractivity contribution in [3.63, 3.8) is 0 Å². The number of hydrogen-bond donors (Lipinski definition) is 1. The Labute approximate surface area is 105 Å². The first kappa shape index (κ1) is 14.4. The van der Waals surface area contributed by atoms with Crippen molar-refractivity contribution >= 4 is 16.0 Å². The van der Waals surface area contributed by atoms with E-state index in [4.69, 9.17) is 5.11 Å². The van der Waals surface area contributed by atoms with Crippen LogP contribution in [0.3, 0.4) is 0 Å². The summed E-state index contributed by atoms with van der Waals surface area (Å²) in [4.78, 5) is 10.5. The van der Waals surface area contributed by atoms with Crippen LogP contribution in [0.25, 0.3) is 0 Å². The van der Waals surface area contributed by atoms with Crippen LogP contribution in [0.4, 0.5) is 0 Å². The highest BCUT2D eigenvalue weighted by Crippen LogP contribution is 2.13. The Morgan fingerprint density at radius 1 is 1.67 bits per heavy atom. The first-order valence-electron chi connectivity index (χ1n) is 5.19. The largest absolute Gasteiger partial charge is 0.480 e. The Bertz CT molecular complexity index is 535. The molecule has 1 aromatic rings. The lowest BCUT2D eigenvalue weighted by atomic mass is 10.4. The van der Waals surface area contributed by atoms with Crippen LogP contribution in [0.1, 0.15) is 6.42 Å². The van der Waals surface area contributed by atoms with Gasteiger partial charge in [0, 0.05) is 19.8 Å². The van der Waals surface area contributed by atoms with Crippen LogP contribution >= 0.6 is 0 Å². The molecule has 0 saturated carbocycles. The van der Waals surface area contributed by atoms with Crippen molar-refractivity contribution < 1.29 is 18.3 Å². The van der Waals surface area contributed by atoms with Crippen LogP contribution in [-0.2, 0) is 21.4 Å². The third-order valence-corrected chi connectivity index (χ3v) is 4.07. The van der Waals surface area contributed by atoms with Crippen molar-refractivity contribution in [3.8, 4) is 0 Å². The van der Waals surface area contributed by atoms with E-state index in [9.17, 15) is 13.2 Å². The van der Waals surface area contributed by atoms with Gasteiger partial charge in [-0.2, -0.15) is 5.10 Å². The maximum Gasteiger partial charge on any atom is 0.325 e. The van der Waals surface area contributed by atoms with E-state index in [-0.39, 0.29) is 11.4 Å². The minimum Gasteiger partial charge on any atom is -0.480 e. The van der Waals surface area contributed by atoms with Crippen molar-refractivity contribution in [2.45, 2.75) is 17.9 Å². The molecule has 0 radical (unpaired) electrons. The van der Waals surface area contributed by atoms with E-state index in [1.54, 1.807) is 6.08 Å². The number of aliphatic carboxylic acids is 1. The maximum absolute atomic E-state index is 12.0. The van der Waals surface area contributed by atoms with Gasteiger partial charge in [-0.25, -0.2) is 12.7 Å². The second kappa shape index (κ2) is 5.78. The van der Waals surface area contributed by atoms with Gasteiger partial charge in [0.1, 0.15) is 11.4 Å². The van der Waals surface area contributed by atoms with Gasteiger partial charge in [0.25, 0.3) is 0 Å². The summed E-state index contributed by atoms with van der Waals surface area (Å²) in [6.07, 6.45) is 4.51. The Morgan fingerprint density at radius 3 is 2.89 bits per heavy atom. The predicted molar refractivity (Wildman–Crippen MR) is 64.5 cm³/mol. The van der Waals surface area contributed by atoms with Gasteiger partial charge >= 0.3 is 5.97 Å². The van der Waals surface area contributed by atoms with Gasteiger partial charge in [0.05, 0.1) is 6.20 Å². The molecule has 1 heterocycles. The number of nitrogens with zero attached hydrogens (tertiary/aromatic N) is 3. The smallest absolute Gasteiger partial charge is 0.325 e. The molecule has 0 fully saturated rings. The lowest BCUT2D eigenvalue weighted by molar-refractivity contribution is -0.137. The molecule has 0 aliphatic carbocycles. The zero-order chi connectivity index (χ0) is 13.8. The first-order valence-corrected chi connectivity index (χ1v) is 6.63. The summed E-state index contributed by atoms with van der Waals surface area (Å²) in [5, 5.41) is 12.3. The van der Waals surface area contributed by atoms with Gasteiger partial charge in [-0.15, -0.1) is 6.58 Å². The number of aromatic nitrogens is 2. The van der Waals surface area contributed by atoms with Crippen LogP contribution in [0.2, 0.25) is 0 Å². The number of sulfonamides is 1. The zero-order valence-electron chi connectivity index (χ0n) is 9.98. The highest BCUT2D eigenvalue weighted by molar-refractivity contribution is 7.89. The summed E-state index contributed by atoms with van der Waals surface area (Å²) in [7, 11) is -2.17. The van der Waals surface area contributed by atoms with Crippen molar-refractivity contribution in [3.05, 3.63) is 25.0 Å². The lowest BCUT2D eigenvalue weighted by Gasteiger charge is -2.14. The van der Waals surface area contributed by atoms with Gasteiger partial charge in [0.15, 0.2) is 0 Å². The van der Waals surface area contributed by atoms with Gasteiger partial charge in [-0.3, -0.25) is 9.48 Å². The third-order valence-electron chi connectivity index (χ3n) is 2.26. The standard InChI is InChI=1S/C10H15N3O4S/c1-3-4-5-12(2)18(16,17)9-6-11-13(7-9)8-10(14)15/h3,6-7H,1,4-5,8H2,2H3,(H,14,15). The summed E-state index contributed by atoms with van der Waals surface area (Å²) < 4.78 is 26.3. The fourth-order valence-corrected chi connectivity index (χ4v) is 2.42. The number of carboxylic acid groups (broad SMARTS) is 1. The number of carboxylic acids is 1. The number of rotatable bonds is 7. The molecule has 1 rings (SSSR count). The molecule has 0 unspecified atom stereocenters. The second-order valence-electron chi connectivity index (χ2n) is 3.67. The molecule has 18 heavy (non-hydrogen) atoms. The highest BCUT2D eigenvalue weighted by Gasteiger charge is 2.22. The molecule has 100 valence electrons. The molecule has 0 aromatic carbocycles. The molecule has 8 heteroatoms. The van der Waals surface area contributed by atoms with E-state index in [0.717, 1.165) is 10.9 Å². The van der Waals surface area contributed by atoms with E-state index in [0.29, 0.717) is 13.0 Å². The molecule has 1 aromatic heterocycles. The molecule has 1 N–H and O–H groups in total. The molecule has 0 aliphatic rings. The monoisotopic (exact) mass is 273 g/mol. The highest BCUT2D eigenvalue weighted by atomic mass is 32.2. The van der Waals surface area contributed by atoms with Crippen molar-refractivity contribution in [1.29, 1.82) is 0 Å². The van der Waals surface area contributed by atoms with Crippen molar-refractivity contribution in [2.75, 3.05) is 13.6 Å². The fourth-order valence-electron chi connectivity index (χ4n) is 1.28. The van der Waals surface area contributed by atoms with Gasteiger partial charge in [0.2, 0.25) is 10.0 Å². The number of hydrogen-bond acceptors (Lipinski definition) is 4. The predicted octanol–water partition coefficient (Wildman–Crippen LogP) is 0.164. The third kappa shape index (κ3) is 3.41. The van der Waals surface area contributed by atoms with Crippen molar-refractivity contribution in [1.82, 2.24) is 14.1 Å². The maximum atomic E-state index is 12.0. The molecule has 0 spiro atoms. The van der Waals surface area contributed by atoms with Crippen LogP contribution in [0, 0.1) is 0 Å². The molecular formula is C10H15N3O4S. The fraction of sp³-hybridized carbons (Fsp3) is 0.400. The molecular weight excluding hydrogens is 258 g/mol. The van der Waals surface area contributed by atoms with Crippen LogP contribution in [-0.4, -0.2) is 47.2 Å². The van der Waals surface area contributed by atoms with Crippen LogP contribution in [0.5, 0.6) is 0 Å². The van der Waals surface area contributed by atoms with E-state index in [1.807, 2.05) is 0 Å². The van der Waals surface area contributed by atoms with Gasteiger partial charge in [-0.05, 0) is 6.42 Å². The average molecular weight is 273 g/mol. The second-order valence-corrected chi connectivity index (χ2v) is 5.72. The molecule has 0 amide bonds. The normalized spacial score (nSPS) is 11.7. The first-order chi connectivity index (χ1) is 8.37. The van der Waals surface area contributed by atoms with E-state index in [1.165, 1.54) is 17.5 Å². The summed E-state index contributed by atoms with van der Waals surface area (Å²) in [6.45, 7) is 3.47. The van der Waals surface area contributed by atoms with Gasteiger partial charge in [-0.1, -0.05) is 6.08 Å². The molecule has 0 atom stereocenters. The summed E-state index contributed by atoms with van der Waals surface area (Å²) in [6, 6.07) is 0. The minimum absolute atomic E-state index is 0.0182. The Balaban J connectivity index is 2.88. The molecule has 7 nitrogen and oxygen atoms in total. The van der Waals surface area contributed by atoms with Gasteiger partial charge < -0.3 is 5.11 Å². The lowest BCUT2D eigenvalue weighted by Crippen LogP contribution is -2.27. The summed E-state index contributed by atoms with van der Waals surface area (Å²) in [5.74, 6) is -1.08. The molecule has 0 bridgehead atoms. The topological polar surface area (TPSA) is 92.5 Å². The van der Waals surface area contributed by atoms with Crippen LogP contribution < -0.4 is 0 Å². The SMILES string of the molecule is C=CCCN(C)S(=O)(=O)c1cnn(CC(=O)O)c1. The molecule has 0 saturated heterocycles. The Kier molecular flexibility index (Phi) is 4.62. The average Bonchev–Trinajstić information content (AvgIpc) is 2.73. The number of carbonyl (C=O) groups is 1. The van der Waals surface area contributed by atoms with E-state index in [2.05, 4.69) is 11.7 Å². The summed E-state index contributed by atoms with van der Waals surface area (Å²) >= 11 is 0. The van der Waals surface area contributed by atoms with Crippen molar-refractivity contribution in [2.24, 2.45) is 0 Å². The van der Waals surface area contributed by atoms with E-state index >= 15 is 0 Å². The molecule has 0 aliphatic heterocycles. The quantitative estimate of drug-likeness (QED) is 0.715.